The minimum atomic E-state index is -1.70. The molecule has 19 heavy (non-hydrogen) atoms. The molecule has 0 saturated carbocycles. The first-order valence-electron chi connectivity index (χ1n) is 5.66. The third-order valence-corrected chi connectivity index (χ3v) is 2.41. The van der Waals surface area contributed by atoms with Gasteiger partial charge in [0.2, 0.25) is 11.8 Å². The van der Waals surface area contributed by atoms with E-state index in [0.29, 0.717) is 5.88 Å². The zero-order valence-corrected chi connectivity index (χ0v) is 11.0. The molecular weight excluding hydrogens is 254 g/mol. The third-order valence-electron chi connectivity index (χ3n) is 2.41. The number of aliphatic hydroxyl groups is 2. The van der Waals surface area contributed by atoms with Crippen LogP contribution in [0.5, 0.6) is 11.8 Å². The molecule has 1 aromatic rings. The number of pyridine rings is 1. The van der Waals surface area contributed by atoms with Crippen LogP contribution in [0.3, 0.4) is 0 Å². The summed E-state index contributed by atoms with van der Waals surface area (Å²) in [5.41, 5.74) is 0.170. The fraction of sp³-hybridized carbons (Fsp3) is 0.500. The summed E-state index contributed by atoms with van der Waals surface area (Å²) in [4.78, 5) is 15.3. The summed E-state index contributed by atoms with van der Waals surface area (Å²) in [6.07, 6.45) is -3.20. The Hall–Kier alpha value is -1.86. The van der Waals surface area contributed by atoms with Crippen molar-refractivity contribution >= 4 is 5.97 Å². The van der Waals surface area contributed by atoms with Gasteiger partial charge in [0, 0.05) is 11.6 Å². The zero-order valence-electron chi connectivity index (χ0n) is 11.0. The first-order valence-corrected chi connectivity index (χ1v) is 5.66. The summed E-state index contributed by atoms with van der Waals surface area (Å²) in [6, 6.07) is 2.94. The molecule has 0 aliphatic carbocycles. The first kappa shape index (κ1) is 15.2. The van der Waals surface area contributed by atoms with Crippen LogP contribution in [0.15, 0.2) is 12.1 Å². The van der Waals surface area contributed by atoms with Gasteiger partial charge in [-0.25, -0.2) is 4.79 Å². The highest BCUT2D eigenvalue weighted by Gasteiger charge is 2.29. The maximum absolute atomic E-state index is 11.4. The van der Waals surface area contributed by atoms with Gasteiger partial charge in [-0.2, -0.15) is 4.98 Å². The molecule has 2 atom stereocenters. The maximum atomic E-state index is 11.4. The van der Waals surface area contributed by atoms with Crippen LogP contribution >= 0.6 is 0 Å². The minimum absolute atomic E-state index is 0.0650. The molecule has 2 N–H and O–H groups in total. The van der Waals surface area contributed by atoms with Gasteiger partial charge < -0.3 is 24.4 Å². The lowest BCUT2D eigenvalue weighted by Gasteiger charge is -2.18. The Balaban J connectivity index is 2.98. The number of rotatable bonds is 6. The molecule has 0 aliphatic heterocycles. The molecule has 1 rings (SSSR count). The van der Waals surface area contributed by atoms with Gasteiger partial charge >= 0.3 is 5.97 Å². The van der Waals surface area contributed by atoms with Crippen LogP contribution < -0.4 is 9.47 Å². The summed E-state index contributed by atoms with van der Waals surface area (Å²) >= 11 is 0. The molecule has 0 spiro atoms. The lowest BCUT2D eigenvalue weighted by Crippen LogP contribution is -2.30. The molecular formula is C12H17NO6. The van der Waals surface area contributed by atoms with Crippen molar-refractivity contribution in [2.24, 2.45) is 0 Å². The number of aliphatic hydroxyl groups excluding tert-OH is 2. The van der Waals surface area contributed by atoms with Gasteiger partial charge in [0.15, 0.2) is 6.10 Å². The second-order valence-corrected chi connectivity index (χ2v) is 3.59. The smallest absolute Gasteiger partial charge is 0.338 e. The summed E-state index contributed by atoms with van der Waals surface area (Å²) in [6.45, 7) is 1.72. The Bertz CT molecular complexity index is 436. The van der Waals surface area contributed by atoms with E-state index in [2.05, 4.69) is 9.72 Å². The van der Waals surface area contributed by atoms with Gasteiger partial charge in [-0.1, -0.05) is 0 Å². The summed E-state index contributed by atoms with van der Waals surface area (Å²) in [7, 11) is 2.79. The van der Waals surface area contributed by atoms with Crippen molar-refractivity contribution in [2.75, 3.05) is 20.8 Å². The number of ether oxygens (including phenoxy) is 3. The third kappa shape index (κ3) is 3.55. The molecule has 0 bridgehead atoms. The van der Waals surface area contributed by atoms with E-state index in [-0.39, 0.29) is 18.1 Å². The summed E-state index contributed by atoms with van der Waals surface area (Å²) in [5, 5.41) is 19.6. The molecule has 0 aromatic carbocycles. The predicted octanol–water partition coefficient (Wildman–Crippen LogP) is 0.0562. The monoisotopic (exact) mass is 271 g/mol. The lowest BCUT2D eigenvalue weighted by molar-refractivity contribution is -0.159. The van der Waals surface area contributed by atoms with Crippen LogP contribution in [0.1, 0.15) is 18.6 Å². The Morgan fingerprint density at radius 2 is 2.00 bits per heavy atom. The van der Waals surface area contributed by atoms with Crippen molar-refractivity contribution < 1.29 is 29.2 Å². The van der Waals surface area contributed by atoms with E-state index < -0.39 is 18.2 Å². The Morgan fingerprint density at radius 3 is 2.53 bits per heavy atom. The second kappa shape index (κ2) is 6.91. The van der Waals surface area contributed by atoms with Gasteiger partial charge in [0.05, 0.1) is 20.8 Å². The topological polar surface area (TPSA) is 98.1 Å². The minimum Gasteiger partial charge on any atom is -0.481 e. The fourth-order valence-electron chi connectivity index (χ4n) is 1.46. The van der Waals surface area contributed by atoms with Crippen molar-refractivity contribution in [3.8, 4) is 11.8 Å². The first-order chi connectivity index (χ1) is 9.04. The number of methoxy groups -OCH3 is 2. The van der Waals surface area contributed by atoms with Gasteiger partial charge in [-0.15, -0.1) is 0 Å². The van der Waals surface area contributed by atoms with Crippen molar-refractivity contribution in [3.63, 3.8) is 0 Å². The van der Waals surface area contributed by atoms with Crippen LogP contribution in [0.25, 0.3) is 0 Å². The van der Waals surface area contributed by atoms with Crippen molar-refractivity contribution in [2.45, 2.75) is 19.1 Å². The predicted molar refractivity (Wildman–Crippen MR) is 64.9 cm³/mol. The van der Waals surface area contributed by atoms with Crippen molar-refractivity contribution in [1.82, 2.24) is 4.98 Å². The largest absolute Gasteiger partial charge is 0.481 e. The molecule has 7 heteroatoms. The van der Waals surface area contributed by atoms with Crippen LogP contribution in [0.4, 0.5) is 0 Å². The average Bonchev–Trinajstić information content (AvgIpc) is 2.45. The standard InChI is InChI=1S/C12H17NO6/c1-4-19-12(16)10(15)9(14)7-5-6-8(17-2)13-11(7)18-3/h5-6,9-10,14-15H,4H2,1-3H3. The average molecular weight is 271 g/mol. The summed E-state index contributed by atoms with van der Waals surface area (Å²) in [5.74, 6) is -0.554. The van der Waals surface area contributed by atoms with Gasteiger partial charge in [-0.3, -0.25) is 0 Å². The maximum Gasteiger partial charge on any atom is 0.338 e. The van der Waals surface area contributed by atoms with Crippen LogP contribution in [0.2, 0.25) is 0 Å². The number of esters is 1. The van der Waals surface area contributed by atoms with E-state index in [4.69, 9.17) is 9.47 Å². The number of aromatic nitrogens is 1. The normalized spacial score (nSPS) is 13.5. The number of hydrogen-bond donors (Lipinski definition) is 2. The lowest BCUT2D eigenvalue weighted by atomic mass is 10.1. The molecule has 0 aliphatic rings. The Kier molecular flexibility index (Phi) is 5.53. The van der Waals surface area contributed by atoms with Crippen molar-refractivity contribution in [1.29, 1.82) is 0 Å². The van der Waals surface area contributed by atoms with E-state index in [1.165, 1.54) is 26.4 Å². The molecule has 2 unspecified atom stereocenters. The highest BCUT2D eigenvalue weighted by Crippen LogP contribution is 2.28. The van der Waals surface area contributed by atoms with Gasteiger partial charge in [0.25, 0.3) is 0 Å². The van der Waals surface area contributed by atoms with Crippen LogP contribution in [0, 0.1) is 0 Å². The van der Waals surface area contributed by atoms with Crippen LogP contribution in [-0.4, -0.2) is 48.1 Å². The molecule has 106 valence electrons. The number of nitrogens with zero attached hydrogens (tertiary/aromatic N) is 1. The van der Waals surface area contributed by atoms with Crippen LogP contribution in [-0.2, 0) is 9.53 Å². The molecule has 0 saturated heterocycles. The van der Waals surface area contributed by atoms with E-state index in [9.17, 15) is 15.0 Å². The van der Waals surface area contributed by atoms with E-state index in [0.717, 1.165) is 0 Å². The number of carbonyl (C=O) groups excluding carboxylic acids is 1. The molecule has 0 amide bonds. The zero-order chi connectivity index (χ0) is 14.4. The fourth-order valence-corrected chi connectivity index (χ4v) is 1.46. The molecule has 1 aromatic heterocycles. The number of hydrogen-bond acceptors (Lipinski definition) is 7. The number of carbonyl (C=O) groups is 1. The molecule has 1 heterocycles. The SMILES string of the molecule is CCOC(=O)C(O)C(O)c1ccc(OC)nc1OC. The molecule has 7 nitrogen and oxygen atoms in total. The van der Waals surface area contributed by atoms with E-state index >= 15 is 0 Å². The van der Waals surface area contributed by atoms with E-state index in [1.54, 1.807) is 6.92 Å². The van der Waals surface area contributed by atoms with Crippen molar-refractivity contribution in [3.05, 3.63) is 17.7 Å². The van der Waals surface area contributed by atoms with Gasteiger partial charge in [-0.05, 0) is 13.0 Å². The molecule has 0 fully saturated rings. The Labute approximate surface area is 110 Å². The second-order valence-electron chi connectivity index (χ2n) is 3.59. The Morgan fingerprint density at radius 1 is 1.32 bits per heavy atom. The summed E-state index contributed by atoms with van der Waals surface area (Å²) < 4.78 is 14.5. The van der Waals surface area contributed by atoms with Gasteiger partial charge in [0.1, 0.15) is 6.10 Å². The highest BCUT2D eigenvalue weighted by atomic mass is 16.5. The quantitative estimate of drug-likeness (QED) is 0.706. The van der Waals surface area contributed by atoms with E-state index in [1.807, 2.05) is 0 Å². The molecule has 0 radical (unpaired) electrons. The highest BCUT2D eigenvalue weighted by molar-refractivity contribution is 5.75.